The fourth-order valence-electron chi connectivity index (χ4n) is 3.94. The third kappa shape index (κ3) is 5.47. The molecule has 2 rings (SSSR count). The van der Waals surface area contributed by atoms with Crippen molar-refractivity contribution in [1.82, 2.24) is 0 Å². The number of ether oxygens (including phenoxy) is 2. The molecule has 1 aliphatic carbocycles. The van der Waals surface area contributed by atoms with Crippen molar-refractivity contribution in [3.63, 3.8) is 0 Å². The first-order valence-electron chi connectivity index (χ1n) is 10.5. The molecule has 0 spiro atoms. The summed E-state index contributed by atoms with van der Waals surface area (Å²) in [4.78, 5) is 13.2. The number of amides is 1. The highest BCUT2D eigenvalue weighted by molar-refractivity contribution is 5.97. The summed E-state index contributed by atoms with van der Waals surface area (Å²) in [5.74, 6) is 1.43. The lowest BCUT2D eigenvalue weighted by Gasteiger charge is -2.38. The number of carbonyl (C=O) groups is 1. The van der Waals surface area contributed by atoms with Gasteiger partial charge < -0.3 is 14.8 Å². The summed E-state index contributed by atoms with van der Waals surface area (Å²) in [6.45, 7) is 13.2. The predicted molar refractivity (Wildman–Crippen MR) is 112 cm³/mol. The van der Waals surface area contributed by atoms with Crippen LogP contribution in [0.15, 0.2) is 12.1 Å². The van der Waals surface area contributed by atoms with Crippen molar-refractivity contribution in [2.75, 3.05) is 11.9 Å². The second-order valence-corrected chi connectivity index (χ2v) is 8.27. The average molecular weight is 376 g/mol. The molecule has 1 fully saturated rings. The molecule has 0 saturated heterocycles. The quantitative estimate of drug-likeness (QED) is 0.625. The Morgan fingerprint density at radius 1 is 1.30 bits per heavy atom. The molecule has 27 heavy (non-hydrogen) atoms. The molecule has 0 aromatic heterocycles. The molecule has 1 aliphatic rings. The lowest BCUT2D eigenvalue weighted by molar-refractivity contribution is -0.148. The Bertz CT molecular complexity index is 620. The van der Waals surface area contributed by atoms with Crippen molar-refractivity contribution in [2.24, 2.45) is 5.92 Å². The van der Waals surface area contributed by atoms with E-state index in [-0.39, 0.29) is 12.0 Å². The van der Waals surface area contributed by atoms with Gasteiger partial charge in [0.15, 0.2) is 0 Å². The lowest BCUT2D eigenvalue weighted by Crippen LogP contribution is -2.48. The number of hydrogen-bond acceptors (Lipinski definition) is 3. The number of rotatable bonds is 8. The highest BCUT2D eigenvalue weighted by Crippen LogP contribution is 2.37. The van der Waals surface area contributed by atoms with Gasteiger partial charge in [0.05, 0.1) is 6.10 Å². The molecule has 0 heterocycles. The maximum absolute atomic E-state index is 13.2. The third-order valence-corrected chi connectivity index (χ3v) is 5.56. The topological polar surface area (TPSA) is 47.6 Å². The molecule has 1 aromatic rings. The van der Waals surface area contributed by atoms with E-state index in [0.29, 0.717) is 12.5 Å². The molecule has 1 amide bonds. The van der Waals surface area contributed by atoms with E-state index >= 15 is 0 Å². The summed E-state index contributed by atoms with van der Waals surface area (Å²) in [5.41, 5.74) is 2.22. The van der Waals surface area contributed by atoms with E-state index in [2.05, 4.69) is 33.0 Å². The van der Waals surface area contributed by atoms with Gasteiger partial charge in [-0.15, -0.1) is 0 Å². The molecular weight excluding hydrogens is 338 g/mol. The first-order valence-corrected chi connectivity index (χ1v) is 10.5. The first-order chi connectivity index (χ1) is 12.8. The van der Waals surface area contributed by atoms with Crippen LogP contribution >= 0.6 is 0 Å². The fourth-order valence-corrected chi connectivity index (χ4v) is 3.94. The predicted octanol–water partition coefficient (Wildman–Crippen LogP) is 5.79. The molecule has 1 saturated carbocycles. The SMILES string of the molecule is CCCO[C@]1(C(=O)Nc2cc(C)c(O[C@H](C)CC)c(C)c2)CCC[C@@H](C)C1. The van der Waals surface area contributed by atoms with E-state index < -0.39 is 5.60 Å². The van der Waals surface area contributed by atoms with Crippen LogP contribution in [0, 0.1) is 19.8 Å². The van der Waals surface area contributed by atoms with Crippen LogP contribution in [-0.4, -0.2) is 24.2 Å². The zero-order chi connectivity index (χ0) is 20.0. The molecule has 3 atom stereocenters. The molecule has 0 radical (unpaired) electrons. The van der Waals surface area contributed by atoms with Crippen LogP contribution in [0.4, 0.5) is 5.69 Å². The lowest BCUT2D eigenvalue weighted by atomic mass is 9.78. The largest absolute Gasteiger partial charge is 0.490 e. The van der Waals surface area contributed by atoms with E-state index in [9.17, 15) is 4.79 Å². The summed E-state index contributed by atoms with van der Waals surface area (Å²) in [6, 6.07) is 4.00. The molecule has 0 bridgehead atoms. The van der Waals surface area contributed by atoms with Crippen molar-refractivity contribution in [2.45, 2.75) is 91.8 Å². The monoisotopic (exact) mass is 375 g/mol. The van der Waals surface area contributed by atoms with Crippen molar-refractivity contribution >= 4 is 11.6 Å². The van der Waals surface area contributed by atoms with Crippen molar-refractivity contribution in [3.05, 3.63) is 23.3 Å². The van der Waals surface area contributed by atoms with E-state index in [1.165, 1.54) is 6.42 Å². The Hall–Kier alpha value is -1.55. The minimum atomic E-state index is -0.693. The number of hydrogen-bond donors (Lipinski definition) is 1. The van der Waals surface area contributed by atoms with Crippen LogP contribution in [0.25, 0.3) is 0 Å². The molecular formula is C23H37NO3. The van der Waals surface area contributed by atoms with Gasteiger partial charge in [-0.05, 0) is 82.1 Å². The summed E-state index contributed by atoms with van der Waals surface area (Å²) >= 11 is 0. The smallest absolute Gasteiger partial charge is 0.256 e. The van der Waals surface area contributed by atoms with Crippen LogP contribution in [0.1, 0.15) is 77.3 Å². The molecule has 1 N–H and O–H groups in total. The van der Waals surface area contributed by atoms with Gasteiger partial charge in [-0.3, -0.25) is 4.79 Å². The number of anilines is 1. The average Bonchev–Trinajstić information content (AvgIpc) is 2.62. The van der Waals surface area contributed by atoms with Crippen LogP contribution in [0.2, 0.25) is 0 Å². The first kappa shape index (κ1) is 21.7. The van der Waals surface area contributed by atoms with Gasteiger partial charge in [-0.25, -0.2) is 0 Å². The number of benzene rings is 1. The van der Waals surface area contributed by atoms with Crippen molar-refractivity contribution in [3.8, 4) is 5.75 Å². The summed E-state index contributed by atoms with van der Waals surface area (Å²) in [5, 5.41) is 3.14. The summed E-state index contributed by atoms with van der Waals surface area (Å²) in [7, 11) is 0. The van der Waals surface area contributed by atoms with Gasteiger partial charge in [0.2, 0.25) is 0 Å². The van der Waals surface area contributed by atoms with E-state index in [1.807, 2.05) is 26.0 Å². The van der Waals surface area contributed by atoms with Crippen molar-refractivity contribution < 1.29 is 14.3 Å². The van der Waals surface area contributed by atoms with Crippen molar-refractivity contribution in [1.29, 1.82) is 0 Å². The Morgan fingerprint density at radius 2 is 1.96 bits per heavy atom. The molecule has 4 nitrogen and oxygen atoms in total. The fraction of sp³-hybridized carbons (Fsp3) is 0.696. The molecule has 1 aromatic carbocycles. The summed E-state index contributed by atoms with van der Waals surface area (Å²) in [6.07, 6.45) is 5.87. The number of carbonyl (C=O) groups excluding carboxylic acids is 1. The Balaban J connectivity index is 2.19. The van der Waals surface area contributed by atoms with Gasteiger partial charge in [-0.2, -0.15) is 0 Å². The van der Waals surface area contributed by atoms with Gasteiger partial charge in [0.25, 0.3) is 5.91 Å². The Labute approximate surface area is 165 Å². The van der Waals surface area contributed by atoms with Gasteiger partial charge in [0.1, 0.15) is 11.4 Å². The number of nitrogens with one attached hydrogen (secondary N) is 1. The van der Waals surface area contributed by atoms with Gasteiger partial charge in [0, 0.05) is 12.3 Å². The van der Waals surface area contributed by atoms with E-state index in [1.54, 1.807) is 0 Å². The highest BCUT2D eigenvalue weighted by Gasteiger charge is 2.42. The van der Waals surface area contributed by atoms with E-state index in [0.717, 1.165) is 54.7 Å². The third-order valence-electron chi connectivity index (χ3n) is 5.56. The molecule has 0 aliphatic heterocycles. The van der Waals surface area contributed by atoms with Crippen LogP contribution in [0.3, 0.4) is 0 Å². The molecule has 152 valence electrons. The Kier molecular flexibility index (Phi) is 7.72. The maximum Gasteiger partial charge on any atom is 0.256 e. The number of aryl methyl sites for hydroxylation is 2. The standard InChI is InChI=1S/C23H37NO3/c1-7-12-26-23(11-9-10-16(3)15-23)22(25)24-20-13-17(4)21(18(5)14-20)27-19(6)8-2/h13-14,16,19H,7-12,15H2,1-6H3,(H,24,25)/t16-,19-,23-/m1/s1. The normalized spacial score (nSPS) is 23.7. The molecule has 4 heteroatoms. The maximum atomic E-state index is 13.2. The second-order valence-electron chi connectivity index (χ2n) is 8.27. The Morgan fingerprint density at radius 3 is 2.52 bits per heavy atom. The zero-order valence-corrected chi connectivity index (χ0v) is 18.0. The van der Waals surface area contributed by atoms with Crippen LogP contribution < -0.4 is 10.1 Å². The zero-order valence-electron chi connectivity index (χ0n) is 18.0. The second kappa shape index (κ2) is 9.59. The van der Waals surface area contributed by atoms with Gasteiger partial charge in [-0.1, -0.05) is 27.2 Å². The summed E-state index contributed by atoms with van der Waals surface area (Å²) < 4.78 is 12.2. The highest BCUT2D eigenvalue weighted by atomic mass is 16.5. The van der Waals surface area contributed by atoms with Crippen LogP contribution in [0.5, 0.6) is 5.75 Å². The minimum Gasteiger partial charge on any atom is -0.490 e. The molecule has 0 unspecified atom stereocenters. The van der Waals surface area contributed by atoms with Gasteiger partial charge >= 0.3 is 0 Å². The minimum absolute atomic E-state index is 0.00288. The van der Waals surface area contributed by atoms with Crippen LogP contribution in [-0.2, 0) is 9.53 Å². The van der Waals surface area contributed by atoms with E-state index in [4.69, 9.17) is 9.47 Å².